The first kappa shape index (κ1) is 18.7. The second kappa shape index (κ2) is 8.14. The molecule has 2 aliphatic rings. The average Bonchev–Trinajstić information content (AvgIpc) is 3.34. The Kier molecular flexibility index (Phi) is 5.63. The van der Waals surface area contributed by atoms with Gasteiger partial charge in [0, 0.05) is 45.5 Å². The van der Waals surface area contributed by atoms with Crippen LogP contribution in [-0.2, 0) is 11.3 Å². The first-order chi connectivity index (χ1) is 13.1. The van der Waals surface area contributed by atoms with Crippen molar-refractivity contribution in [3.8, 4) is 11.5 Å². The van der Waals surface area contributed by atoms with Crippen molar-refractivity contribution in [2.45, 2.75) is 32.6 Å². The maximum atomic E-state index is 9.88. The number of hydrogen-bond donors (Lipinski definition) is 2. The fraction of sp³-hybridized carbons (Fsp3) is 0.650. The Bertz CT molecular complexity index is 707. The topological polar surface area (TPSA) is 77.8 Å². The first-order valence-electron chi connectivity index (χ1n) is 9.90. The summed E-state index contributed by atoms with van der Waals surface area (Å²) in [5, 5.41) is 16.8. The summed E-state index contributed by atoms with van der Waals surface area (Å²) in [6.45, 7) is 10.2. The highest BCUT2D eigenvalue weighted by Gasteiger charge is 2.35. The number of aliphatic hydroxyl groups excluding tert-OH is 1. The van der Waals surface area contributed by atoms with Crippen LogP contribution in [0.15, 0.2) is 28.8 Å². The van der Waals surface area contributed by atoms with Crippen LogP contribution in [0.5, 0.6) is 0 Å². The van der Waals surface area contributed by atoms with Gasteiger partial charge in [0.1, 0.15) is 11.5 Å². The normalized spacial score (nSPS) is 30.2. The molecule has 7 nitrogen and oxygen atoms in total. The second-order valence-electron chi connectivity index (χ2n) is 8.11. The summed E-state index contributed by atoms with van der Waals surface area (Å²) in [5.74, 6) is 2.56. The molecule has 2 N–H and O–H groups in total. The lowest BCUT2D eigenvalue weighted by Crippen LogP contribution is -2.48. The molecule has 7 heteroatoms. The van der Waals surface area contributed by atoms with Gasteiger partial charge in [0.05, 0.1) is 18.8 Å². The molecule has 4 rings (SSSR count). The number of aromatic nitrogens is 2. The summed E-state index contributed by atoms with van der Waals surface area (Å²) in [6, 6.07) is 5.92. The van der Waals surface area contributed by atoms with E-state index in [0.29, 0.717) is 11.8 Å². The largest absolute Gasteiger partial charge is 0.458 e. The van der Waals surface area contributed by atoms with Gasteiger partial charge in [0.2, 0.25) is 0 Å². The van der Waals surface area contributed by atoms with Crippen molar-refractivity contribution in [3.05, 3.63) is 30.2 Å². The van der Waals surface area contributed by atoms with Gasteiger partial charge < -0.3 is 14.3 Å². The summed E-state index contributed by atoms with van der Waals surface area (Å²) < 4.78 is 11.8. The van der Waals surface area contributed by atoms with Gasteiger partial charge in [-0.05, 0) is 43.9 Å². The van der Waals surface area contributed by atoms with Crippen LogP contribution in [-0.4, -0.2) is 76.6 Å². The SMILES string of the molecule is CC1CN(CC2CN(Cc3ccc(-c4ccn[nH]4)o3)CC2CO)CC(C)O1. The molecule has 0 amide bonds. The van der Waals surface area contributed by atoms with Crippen LogP contribution in [0.2, 0.25) is 0 Å². The van der Waals surface area contributed by atoms with Gasteiger partial charge in [0.25, 0.3) is 0 Å². The van der Waals surface area contributed by atoms with E-state index < -0.39 is 0 Å². The Hall–Kier alpha value is -1.67. The van der Waals surface area contributed by atoms with Crippen molar-refractivity contribution in [2.75, 3.05) is 39.3 Å². The smallest absolute Gasteiger partial charge is 0.152 e. The number of H-pyrrole nitrogens is 1. The van der Waals surface area contributed by atoms with Gasteiger partial charge in [-0.3, -0.25) is 14.9 Å². The average molecular weight is 374 g/mol. The van der Waals surface area contributed by atoms with Crippen molar-refractivity contribution in [2.24, 2.45) is 11.8 Å². The van der Waals surface area contributed by atoms with Crippen LogP contribution in [0.25, 0.3) is 11.5 Å². The highest BCUT2D eigenvalue weighted by Crippen LogP contribution is 2.28. The Morgan fingerprint density at radius 2 is 1.85 bits per heavy atom. The number of hydrogen-bond acceptors (Lipinski definition) is 6. The zero-order valence-corrected chi connectivity index (χ0v) is 16.2. The number of ether oxygens (including phenoxy) is 1. The molecule has 0 saturated carbocycles. The minimum atomic E-state index is 0.244. The Morgan fingerprint density at radius 3 is 2.56 bits per heavy atom. The summed E-state index contributed by atoms with van der Waals surface area (Å²) >= 11 is 0. The minimum Gasteiger partial charge on any atom is -0.458 e. The van der Waals surface area contributed by atoms with Crippen molar-refractivity contribution in [1.82, 2.24) is 20.0 Å². The molecule has 0 radical (unpaired) electrons. The van der Waals surface area contributed by atoms with E-state index in [9.17, 15) is 5.11 Å². The Balaban J connectivity index is 1.35. The van der Waals surface area contributed by atoms with Crippen molar-refractivity contribution in [1.29, 1.82) is 0 Å². The van der Waals surface area contributed by atoms with E-state index in [1.165, 1.54) is 0 Å². The fourth-order valence-corrected chi connectivity index (χ4v) is 4.56. The lowest BCUT2D eigenvalue weighted by molar-refractivity contribution is -0.0727. The van der Waals surface area contributed by atoms with E-state index in [1.54, 1.807) is 6.20 Å². The Labute approximate surface area is 160 Å². The molecule has 2 saturated heterocycles. The molecular formula is C20H30N4O3. The van der Waals surface area contributed by atoms with Crippen molar-refractivity contribution < 1.29 is 14.3 Å². The van der Waals surface area contributed by atoms with Crippen molar-refractivity contribution >= 4 is 0 Å². The third kappa shape index (κ3) is 4.43. The molecular weight excluding hydrogens is 344 g/mol. The van der Waals surface area contributed by atoms with Gasteiger partial charge in [-0.2, -0.15) is 5.10 Å². The number of furan rings is 1. The first-order valence-corrected chi connectivity index (χ1v) is 9.90. The molecule has 2 aromatic heterocycles. The second-order valence-corrected chi connectivity index (χ2v) is 8.11. The summed E-state index contributed by atoms with van der Waals surface area (Å²) in [7, 11) is 0. The summed E-state index contributed by atoms with van der Waals surface area (Å²) in [6.07, 6.45) is 2.28. The summed E-state index contributed by atoms with van der Waals surface area (Å²) in [5.41, 5.74) is 0.893. The number of likely N-dealkylation sites (tertiary alicyclic amines) is 1. The Morgan fingerprint density at radius 1 is 1.07 bits per heavy atom. The number of aliphatic hydroxyl groups is 1. The van der Waals surface area contributed by atoms with Crippen molar-refractivity contribution in [3.63, 3.8) is 0 Å². The standard InChI is InChI=1S/C20H30N4O3/c1-14-7-23(8-15(2)26-14)9-16-10-24(11-17(16)13-25)12-18-3-4-20(27-18)19-5-6-21-22-19/h3-6,14-17,25H,7-13H2,1-2H3,(H,21,22). The molecule has 0 aromatic carbocycles. The molecule has 2 fully saturated rings. The monoisotopic (exact) mass is 374 g/mol. The van der Waals surface area contributed by atoms with Crippen LogP contribution in [0.1, 0.15) is 19.6 Å². The van der Waals surface area contributed by atoms with E-state index in [4.69, 9.17) is 9.15 Å². The van der Waals surface area contributed by atoms with E-state index in [-0.39, 0.29) is 18.8 Å². The number of morpholine rings is 1. The molecule has 2 aliphatic heterocycles. The molecule has 0 bridgehead atoms. The molecule has 27 heavy (non-hydrogen) atoms. The van der Waals surface area contributed by atoms with E-state index in [2.05, 4.69) is 33.8 Å². The van der Waals surface area contributed by atoms with Gasteiger partial charge in [-0.15, -0.1) is 0 Å². The lowest BCUT2D eigenvalue weighted by Gasteiger charge is -2.37. The van der Waals surface area contributed by atoms with Crippen LogP contribution < -0.4 is 0 Å². The van der Waals surface area contributed by atoms with Crippen LogP contribution in [0.3, 0.4) is 0 Å². The zero-order valence-electron chi connectivity index (χ0n) is 16.2. The third-order valence-corrected chi connectivity index (χ3v) is 5.68. The highest BCUT2D eigenvalue weighted by atomic mass is 16.5. The van der Waals surface area contributed by atoms with E-state index >= 15 is 0 Å². The van der Waals surface area contributed by atoms with Crippen LogP contribution in [0, 0.1) is 11.8 Å². The maximum absolute atomic E-state index is 9.88. The fourth-order valence-electron chi connectivity index (χ4n) is 4.56. The van der Waals surface area contributed by atoms with E-state index in [1.807, 2.05) is 18.2 Å². The number of nitrogens with one attached hydrogen (secondary N) is 1. The molecule has 4 atom stereocenters. The van der Waals surface area contributed by atoms with Gasteiger partial charge in [-0.1, -0.05) is 0 Å². The van der Waals surface area contributed by atoms with Crippen LogP contribution >= 0.6 is 0 Å². The predicted octanol–water partition coefficient (Wildman–Crippen LogP) is 1.82. The molecule has 4 heterocycles. The molecule has 148 valence electrons. The third-order valence-electron chi connectivity index (χ3n) is 5.68. The number of rotatable bonds is 6. The quantitative estimate of drug-likeness (QED) is 0.803. The molecule has 0 aliphatic carbocycles. The highest BCUT2D eigenvalue weighted by molar-refractivity contribution is 5.51. The van der Waals surface area contributed by atoms with Gasteiger partial charge in [-0.25, -0.2) is 0 Å². The van der Waals surface area contributed by atoms with Gasteiger partial charge >= 0.3 is 0 Å². The lowest BCUT2D eigenvalue weighted by atomic mass is 9.96. The van der Waals surface area contributed by atoms with E-state index in [0.717, 1.165) is 56.5 Å². The molecule has 0 spiro atoms. The number of nitrogens with zero attached hydrogens (tertiary/aromatic N) is 3. The van der Waals surface area contributed by atoms with Crippen LogP contribution in [0.4, 0.5) is 0 Å². The van der Waals surface area contributed by atoms with Gasteiger partial charge in [0.15, 0.2) is 5.76 Å². The molecule has 4 unspecified atom stereocenters. The predicted molar refractivity (Wildman–Crippen MR) is 102 cm³/mol. The summed E-state index contributed by atoms with van der Waals surface area (Å²) in [4.78, 5) is 4.90. The minimum absolute atomic E-state index is 0.244. The zero-order chi connectivity index (χ0) is 18.8. The maximum Gasteiger partial charge on any atom is 0.152 e. The molecule has 2 aromatic rings. The number of aromatic amines is 1.